The predicted octanol–water partition coefficient (Wildman–Crippen LogP) is 9.79. The molecule has 0 spiro atoms. The van der Waals surface area contributed by atoms with E-state index in [9.17, 15) is 0 Å². The third-order valence-electron chi connectivity index (χ3n) is 11.5. The second-order valence-electron chi connectivity index (χ2n) is 14.2. The molecule has 3 unspecified atom stereocenters. The van der Waals surface area contributed by atoms with Gasteiger partial charge in [0.2, 0.25) is 5.96 Å². The zero-order valence-electron chi connectivity index (χ0n) is 28.1. The fourth-order valence-electron chi connectivity index (χ4n) is 9.45. The molecule has 4 aromatic carbocycles. The number of hydrogen-bond acceptors (Lipinski definition) is 4. The van der Waals surface area contributed by atoms with Gasteiger partial charge in [0.25, 0.3) is 0 Å². The SMILES string of the molecule is CN1C(c2ccccc2)=NC(n2c3c(c4c2C2C(c5ccccc5-4)c4ccccc4N2C2=CCCCC2)CCCC3)=NC1c1ccccc1. The summed E-state index contributed by atoms with van der Waals surface area (Å²) >= 11 is 0. The van der Waals surface area contributed by atoms with Crippen LogP contribution in [0.25, 0.3) is 11.1 Å². The molecule has 242 valence electrons. The molecule has 5 aromatic rings. The lowest BCUT2D eigenvalue weighted by atomic mass is 9.75. The summed E-state index contributed by atoms with van der Waals surface area (Å²) in [5, 5.41) is 0. The van der Waals surface area contributed by atoms with Crippen molar-refractivity contribution in [1.29, 1.82) is 0 Å². The molecule has 3 heterocycles. The molecule has 3 atom stereocenters. The number of para-hydroxylation sites is 1. The minimum atomic E-state index is -0.189. The standard InChI is InChI=1S/C44H41N5/c1-47-42(29-17-5-2-6-18-29)45-44(46-43(47)30-19-7-3-8-20-30)49-37-28-16-14-26-35(37)39-33-24-12-11-23-32(33)38-34-25-13-15-27-36(34)48(40(38)41(39)49)31-21-9-4-10-22-31/h2-3,5-8,11-13,15,17-21,23-25,27,38,40,42H,4,9-10,14,16,22,26,28H2,1H3. The zero-order chi connectivity index (χ0) is 32.5. The molecule has 0 bridgehead atoms. The van der Waals surface area contributed by atoms with E-state index >= 15 is 0 Å². The summed E-state index contributed by atoms with van der Waals surface area (Å²) < 4.78 is 2.56. The van der Waals surface area contributed by atoms with E-state index in [1.54, 1.807) is 0 Å². The van der Waals surface area contributed by atoms with Crippen LogP contribution in [0.15, 0.2) is 131 Å². The van der Waals surface area contributed by atoms with Crippen LogP contribution < -0.4 is 4.90 Å². The normalized spacial score (nSPS) is 22.2. The Kier molecular flexibility index (Phi) is 6.75. The highest BCUT2D eigenvalue weighted by Crippen LogP contribution is 2.61. The molecule has 1 aromatic heterocycles. The van der Waals surface area contributed by atoms with Crippen LogP contribution in [0.1, 0.15) is 95.9 Å². The number of fused-ring (bicyclic) bond motifs is 10. The summed E-state index contributed by atoms with van der Waals surface area (Å²) in [6.45, 7) is 0. The summed E-state index contributed by atoms with van der Waals surface area (Å²) in [6, 6.07) is 40.0. The average molecular weight is 640 g/mol. The second-order valence-corrected chi connectivity index (χ2v) is 14.2. The molecule has 0 radical (unpaired) electrons. The Morgan fingerprint density at radius 1 is 0.694 bits per heavy atom. The van der Waals surface area contributed by atoms with Gasteiger partial charge in [-0.25, -0.2) is 4.99 Å². The molecule has 10 rings (SSSR count). The largest absolute Gasteiger partial charge is 0.335 e. The van der Waals surface area contributed by atoms with Crippen LogP contribution in [0.4, 0.5) is 5.69 Å². The van der Waals surface area contributed by atoms with Gasteiger partial charge in [0.1, 0.15) is 5.84 Å². The number of aliphatic imine (C=N–C) groups is 2. The number of hydrogen-bond donors (Lipinski definition) is 0. The molecular formula is C44H41N5. The van der Waals surface area contributed by atoms with Crippen LogP contribution in [0.3, 0.4) is 0 Å². The lowest BCUT2D eigenvalue weighted by Crippen LogP contribution is -2.38. The summed E-state index contributed by atoms with van der Waals surface area (Å²) in [7, 11) is 2.14. The summed E-state index contributed by atoms with van der Waals surface area (Å²) in [5.74, 6) is 2.00. The fraction of sp³-hybridized carbons (Fsp3) is 0.273. The van der Waals surface area contributed by atoms with Crippen molar-refractivity contribution in [2.24, 2.45) is 9.98 Å². The topological polar surface area (TPSA) is 36.1 Å². The average Bonchev–Trinajstić information content (AvgIpc) is 3.70. The van der Waals surface area contributed by atoms with Gasteiger partial charge in [-0.2, -0.15) is 4.99 Å². The van der Waals surface area contributed by atoms with E-state index in [1.165, 1.54) is 81.8 Å². The van der Waals surface area contributed by atoms with Gasteiger partial charge in [-0.1, -0.05) is 109 Å². The van der Waals surface area contributed by atoms with Crippen LogP contribution >= 0.6 is 0 Å². The van der Waals surface area contributed by atoms with E-state index < -0.39 is 0 Å². The predicted molar refractivity (Wildman–Crippen MR) is 199 cm³/mol. The molecular weight excluding hydrogens is 599 g/mol. The highest BCUT2D eigenvalue weighted by molar-refractivity contribution is 6.08. The molecule has 2 aliphatic heterocycles. The van der Waals surface area contributed by atoms with Gasteiger partial charge in [-0.3, -0.25) is 4.57 Å². The third-order valence-corrected chi connectivity index (χ3v) is 11.5. The lowest BCUT2D eigenvalue weighted by molar-refractivity contribution is 0.380. The van der Waals surface area contributed by atoms with Crippen molar-refractivity contribution in [3.63, 3.8) is 0 Å². The van der Waals surface area contributed by atoms with Crippen molar-refractivity contribution >= 4 is 17.5 Å². The Hall–Kier alpha value is -5.16. The number of anilines is 1. The van der Waals surface area contributed by atoms with Crippen molar-refractivity contribution in [3.05, 3.63) is 160 Å². The highest BCUT2D eigenvalue weighted by Gasteiger charge is 2.50. The molecule has 3 aliphatic carbocycles. The maximum absolute atomic E-state index is 5.61. The Bertz CT molecular complexity index is 2170. The lowest BCUT2D eigenvalue weighted by Gasteiger charge is -2.39. The zero-order valence-corrected chi connectivity index (χ0v) is 28.1. The number of amidine groups is 1. The van der Waals surface area contributed by atoms with Crippen LogP contribution in [0, 0.1) is 0 Å². The molecule has 5 aliphatic rings. The highest BCUT2D eigenvalue weighted by atomic mass is 15.4. The van der Waals surface area contributed by atoms with Gasteiger partial charge in [-0.05, 0) is 85.3 Å². The van der Waals surface area contributed by atoms with Crippen LogP contribution in [0.5, 0.6) is 0 Å². The molecule has 0 fully saturated rings. The number of rotatable bonds is 3. The molecule has 0 saturated carbocycles. The molecule has 5 heteroatoms. The molecule has 0 saturated heterocycles. The second kappa shape index (κ2) is 11.5. The monoisotopic (exact) mass is 639 g/mol. The number of allylic oxidation sites excluding steroid dienone is 2. The van der Waals surface area contributed by atoms with Gasteiger partial charge in [0.05, 0.1) is 11.7 Å². The summed E-state index contributed by atoms with van der Waals surface area (Å²) in [4.78, 5) is 16.1. The molecule has 0 amide bonds. The first kappa shape index (κ1) is 28.8. The van der Waals surface area contributed by atoms with Gasteiger partial charge in [0.15, 0.2) is 6.17 Å². The Morgan fingerprint density at radius 2 is 1.41 bits per heavy atom. The number of nitrogens with zero attached hydrogens (tertiary/aromatic N) is 5. The van der Waals surface area contributed by atoms with E-state index in [0.29, 0.717) is 0 Å². The van der Waals surface area contributed by atoms with E-state index in [0.717, 1.165) is 43.0 Å². The Morgan fingerprint density at radius 3 is 2.22 bits per heavy atom. The minimum Gasteiger partial charge on any atom is -0.335 e. The summed E-state index contributed by atoms with van der Waals surface area (Å²) in [6.07, 6.45) is 11.7. The first-order valence-corrected chi connectivity index (χ1v) is 18.2. The van der Waals surface area contributed by atoms with Crippen molar-refractivity contribution in [2.45, 2.75) is 69.5 Å². The molecule has 5 nitrogen and oxygen atoms in total. The maximum Gasteiger partial charge on any atom is 0.233 e. The van der Waals surface area contributed by atoms with Gasteiger partial charge >= 0.3 is 0 Å². The van der Waals surface area contributed by atoms with Crippen LogP contribution in [0.2, 0.25) is 0 Å². The van der Waals surface area contributed by atoms with Crippen molar-refractivity contribution in [2.75, 3.05) is 11.9 Å². The minimum absolute atomic E-state index is 0.130. The third kappa shape index (κ3) is 4.37. The van der Waals surface area contributed by atoms with E-state index in [2.05, 4.69) is 137 Å². The van der Waals surface area contributed by atoms with Gasteiger partial charge < -0.3 is 9.80 Å². The van der Waals surface area contributed by atoms with Gasteiger partial charge in [-0.15, -0.1) is 0 Å². The molecule has 0 N–H and O–H groups in total. The number of aromatic nitrogens is 1. The number of benzene rings is 4. The first-order chi connectivity index (χ1) is 24.3. The van der Waals surface area contributed by atoms with E-state index in [4.69, 9.17) is 9.98 Å². The van der Waals surface area contributed by atoms with Gasteiger partial charge in [0, 0.05) is 41.2 Å². The van der Waals surface area contributed by atoms with Crippen LogP contribution in [-0.2, 0) is 12.8 Å². The first-order valence-electron chi connectivity index (χ1n) is 18.2. The Labute approximate surface area is 289 Å². The molecule has 49 heavy (non-hydrogen) atoms. The van der Waals surface area contributed by atoms with E-state index in [1.807, 2.05) is 0 Å². The van der Waals surface area contributed by atoms with Crippen molar-refractivity contribution < 1.29 is 0 Å². The fourth-order valence-corrected chi connectivity index (χ4v) is 9.45. The van der Waals surface area contributed by atoms with Crippen LogP contribution in [-0.4, -0.2) is 28.3 Å². The summed E-state index contributed by atoms with van der Waals surface area (Å²) in [5.41, 5.74) is 15.1. The van der Waals surface area contributed by atoms with Crippen molar-refractivity contribution in [1.82, 2.24) is 9.47 Å². The Balaban J connectivity index is 1.28. The smallest absolute Gasteiger partial charge is 0.233 e. The quantitative estimate of drug-likeness (QED) is 0.197. The van der Waals surface area contributed by atoms with E-state index in [-0.39, 0.29) is 18.1 Å². The maximum atomic E-state index is 5.61. The van der Waals surface area contributed by atoms with Crippen molar-refractivity contribution in [3.8, 4) is 11.1 Å².